The minimum absolute atomic E-state index is 0.691. The fourth-order valence-corrected chi connectivity index (χ4v) is 2.91. The molecule has 0 saturated heterocycles. The van der Waals surface area contributed by atoms with Gasteiger partial charge in [-0.1, -0.05) is 70.5 Å². The van der Waals surface area contributed by atoms with Gasteiger partial charge < -0.3 is 5.11 Å². The van der Waals surface area contributed by atoms with Crippen LogP contribution in [0, 0.1) is 0 Å². The fourth-order valence-electron chi connectivity index (χ4n) is 2.14. The Hall–Kier alpha value is -1.12. The van der Waals surface area contributed by atoms with Crippen LogP contribution in [0.5, 0.6) is 0 Å². The third kappa shape index (κ3) is 2.82. The van der Waals surface area contributed by atoms with Crippen LogP contribution in [0.25, 0.3) is 11.1 Å². The molecule has 0 amide bonds. The summed E-state index contributed by atoms with van der Waals surface area (Å²) in [5.41, 5.74) is 2.42. The monoisotopic (exact) mass is 304 g/mol. The lowest BCUT2D eigenvalue weighted by Gasteiger charge is -2.26. The molecule has 0 aliphatic rings. The van der Waals surface area contributed by atoms with Gasteiger partial charge in [0.2, 0.25) is 0 Å². The molecule has 1 nitrogen and oxygen atoms in total. The van der Waals surface area contributed by atoms with Gasteiger partial charge in [0, 0.05) is 5.33 Å². The Bertz CT molecular complexity index is 506. The van der Waals surface area contributed by atoms with Crippen molar-refractivity contribution in [3.05, 3.63) is 60.2 Å². The number of hydrogen-bond donors (Lipinski definition) is 1. The van der Waals surface area contributed by atoms with Gasteiger partial charge in [0.05, 0.1) is 5.60 Å². The Morgan fingerprint density at radius 2 is 1.61 bits per heavy atom. The summed E-state index contributed by atoms with van der Waals surface area (Å²) in [7, 11) is 0. The molecule has 18 heavy (non-hydrogen) atoms. The van der Waals surface area contributed by atoms with E-state index in [-0.39, 0.29) is 0 Å². The van der Waals surface area contributed by atoms with E-state index in [9.17, 15) is 5.11 Å². The molecule has 0 saturated carbocycles. The van der Waals surface area contributed by atoms with E-state index in [4.69, 9.17) is 0 Å². The van der Waals surface area contributed by atoms with E-state index in [2.05, 4.69) is 34.1 Å². The van der Waals surface area contributed by atoms with Crippen LogP contribution < -0.4 is 0 Å². The SMILES string of the molecule is CC(O)(CCBr)c1ccccc1-c1ccccc1. The van der Waals surface area contributed by atoms with E-state index in [1.807, 2.05) is 43.3 Å². The molecule has 2 aromatic carbocycles. The zero-order chi connectivity index (χ0) is 13.0. The van der Waals surface area contributed by atoms with Crippen LogP contribution in [0.1, 0.15) is 18.9 Å². The molecule has 0 heterocycles. The number of hydrogen-bond acceptors (Lipinski definition) is 1. The fraction of sp³-hybridized carbons (Fsp3) is 0.250. The van der Waals surface area contributed by atoms with Crippen molar-refractivity contribution >= 4 is 15.9 Å². The van der Waals surface area contributed by atoms with Crippen molar-refractivity contribution in [1.29, 1.82) is 0 Å². The lowest BCUT2D eigenvalue weighted by atomic mass is 9.87. The van der Waals surface area contributed by atoms with Crippen molar-refractivity contribution < 1.29 is 5.11 Å². The van der Waals surface area contributed by atoms with Crippen molar-refractivity contribution in [3.63, 3.8) is 0 Å². The summed E-state index contributed by atoms with van der Waals surface area (Å²) in [6, 6.07) is 18.2. The summed E-state index contributed by atoms with van der Waals surface area (Å²) in [6.07, 6.45) is 0.691. The number of aliphatic hydroxyl groups is 1. The van der Waals surface area contributed by atoms with Gasteiger partial charge in [0.15, 0.2) is 0 Å². The van der Waals surface area contributed by atoms with Gasteiger partial charge in [-0.3, -0.25) is 0 Å². The molecular formula is C16H17BrO. The molecule has 0 spiro atoms. The normalized spacial score (nSPS) is 14.2. The van der Waals surface area contributed by atoms with Gasteiger partial charge in [-0.2, -0.15) is 0 Å². The molecule has 2 rings (SSSR count). The molecule has 0 aliphatic heterocycles. The van der Waals surface area contributed by atoms with Crippen LogP contribution in [-0.2, 0) is 5.60 Å². The maximum absolute atomic E-state index is 10.6. The van der Waals surface area contributed by atoms with Crippen LogP contribution in [0.3, 0.4) is 0 Å². The molecule has 94 valence electrons. The Kier molecular flexibility index (Phi) is 4.20. The molecule has 1 atom stereocenters. The second-order valence-corrected chi connectivity index (χ2v) is 5.42. The maximum atomic E-state index is 10.6. The topological polar surface area (TPSA) is 20.2 Å². The minimum Gasteiger partial charge on any atom is -0.385 e. The number of alkyl halides is 1. The van der Waals surface area contributed by atoms with Crippen molar-refractivity contribution in [2.45, 2.75) is 18.9 Å². The summed E-state index contributed by atoms with van der Waals surface area (Å²) in [4.78, 5) is 0. The van der Waals surface area contributed by atoms with Gasteiger partial charge in [-0.25, -0.2) is 0 Å². The summed E-state index contributed by atoms with van der Waals surface area (Å²) < 4.78 is 0. The standard InChI is InChI=1S/C16H17BrO/c1-16(18,11-12-17)15-10-6-5-9-14(15)13-7-3-2-4-8-13/h2-10,18H,11-12H2,1H3. The molecule has 2 aromatic rings. The van der Waals surface area contributed by atoms with Crippen molar-refractivity contribution in [3.8, 4) is 11.1 Å². The van der Waals surface area contributed by atoms with E-state index in [1.54, 1.807) is 0 Å². The van der Waals surface area contributed by atoms with Crippen molar-refractivity contribution in [1.82, 2.24) is 0 Å². The molecular weight excluding hydrogens is 288 g/mol. The van der Waals surface area contributed by atoms with E-state index in [0.29, 0.717) is 6.42 Å². The first-order chi connectivity index (χ1) is 8.65. The van der Waals surface area contributed by atoms with Crippen LogP contribution in [-0.4, -0.2) is 10.4 Å². The van der Waals surface area contributed by atoms with E-state index in [1.165, 1.54) is 0 Å². The average molecular weight is 305 g/mol. The highest BCUT2D eigenvalue weighted by atomic mass is 79.9. The van der Waals surface area contributed by atoms with Crippen molar-refractivity contribution in [2.24, 2.45) is 0 Å². The first kappa shape index (κ1) is 13.3. The van der Waals surface area contributed by atoms with Gasteiger partial charge in [-0.15, -0.1) is 0 Å². The highest BCUT2D eigenvalue weighted by Gasteiger charge is 2.25. The number of rotatable bonds is 4. The Labute approximate surface area is 117 Å². The zero-order valence-electron chi connectivity index (χ0n) is 10.4. The summed E-state index contributed by atoms with van der Waals surface area (Å²) in [6.45, 7) is 1.87. The predicted octanol–water partition coefficient (Wildman–Crippen LogP) is 4.35. The number of benzene rings is 2. The zero-order valence-corrected chi connectivity index (χ0v) is 12.0. The largest absolute Gasteiger partial charge is 0.385 e. The molecule has 2 heteroatoms. The van der Waals surface area contributed by atoms with Crippen LogP contribution in [0.4, 0.5) is 0 Å². The van der Waals surface area contributed by atoms with Crippen LogP contribution >= 0.6 is 15.9 Å². The lowest BCUT2D eigenvalue weighted by molar-refractivity contribution is 0.0553. The first-order valence-corrected chi connectivity index (χ1v) is 7.20. The smallest absolute Gasteiger partial charge is 0.0882 e. The van der Waals surface area contributed by atoms with E-state index in [0.717, 1.165) is 22.0 Å². The minimum atomic E-state index is -0.810. The Balaban J connectivity index is 2.50. The molecule has 0 radical (unpaired) electrons. The van der Waals surface area contributed by atoms with E-state index < -0.39 is 5.60 Å². The lowest BCUT2D eigenvalue weighted by Crippen LogP contribution is -2.22. The molecule has 0 fully saturated rings. The number of halogens is 1. The van der Waals surface area contributed by atoms with Crippen molar-refractivity contribution in [2.75, 3.05) is 5.33 Å². The highest BCUT2D eigenvalue weighted by Crippen LogP contribution is 2.33. The quantitative estimate of drug-likeness (QED) is 0.833. The summed E-state index contributed by atoms with van der Waals surface area (Å²) in [5.74, 6) is 0. The molecule has 0 bridgehead atoms. The predicted molar refractivity (Wildman–Crippen MR) is 79.9 cm³/mol. The maximum Gasteiger partial charge on any atom is 0.0882 e. The van der Waals surface area contributed by atoms with Gasteiger partial charge in [0.25, 0.3) is 0 Å². The Morgan fingerprint density at radius 3 is 2.28 bits per heavy atom. The van der Waals surface area contributed by atoms with Crippen LogP contribution in [0.15, 0.2) is 54.6 Å². The first-order valence-electron chi connectivity index (χ1n) is 6.08. The second kappa shape index (κ2) is 5.68. The molecule has 0 aromatic heterocycles. The summed E-state index contributed by atoms with van der Waals surface area (Å²) >= 11 is 3.40. The van der Waals surface area contributed by atoms with Gasteiger partial charge in [-0.05, 0) is 30.0 Å². The van der Waals surface area contributed by atoms with Gasteiger partial charge in [0.1, 0.15) is 0 Å². The Morgan fingerprint density at radius 1 is 1.00 bits per heavy atom. The van der Waals surface area contributed by atoms with E-state index >= 15 is 0 Å². The second-order valence-electron chi connectivity index (χ2n) is 4.62. The highest BCUT2D eigenvalue weighted by molar-refractivity contribution is 9.09. The van der Waals surface area contributed by atoms with Crippen LogP contribution in [0.2, 0.25) is 0 Å². The third-order valence-electron chi connectivity index (χ3n) is 3.17. The third-order valence-corrected chi connectivity index (χ3v) is 3.57. The van der Waals surface area contributed by atoms with Gasteiger partial charge >= 0.3 is 0 Å². The average Bonchev–Trinajstić information content (AvgIpc) is 2.40. The molecule has 1 unspecified atom stereocenters. The molecule has 1 N–H and O–H groups in total. The molecule has 0 aliphatic carbocycles. The summed E-state index contributed by atoms with van der Waals surface area (Å²) in [5, 5.41) is 11.4.